The van der Waals surface area contributed by atoms with Gasteiger partial charge in [0.25, 0.3) is 0 Å². The standard InChI is InChI=1S/C18H25N3O2/c1-23-16-6-4-15(5-7-16)20-8-10-21(11-9-20)18-14-3-2-13(12-14)17(18)19-22/h4-7,13-14,18,22H,2-3,8-12H2,1H3/b19-17-/t13-,14+,18+/m0/s1. The number of piperazine rings is 1. The minimum atomic E-state index is 0.386. The van der Waals surface area contributed by atoms with Crippen molar-refractivity contribution in [3.8, 4) is 5.75 Å². The monoisotopic (exact) mass is 315 g/mol. The molecule has 2 saturated carbocycles. The predicted molar refractivity (Wildman–Crippen MR) is 90.6 cm³/mol. The van der Waals surface area contributed by atoms with Crippen molar-refractivity contribution in [2.45, 2.75) is 25.3 Å². The summed E-state index contributed by atoms with van der Waals surface area (Å²) >= 11 is 0. The molecular formula is C18H25N3O2. The van der Waals surface area contributed by atoms with Crippen molar-refractivity contribution >= 4 is 11.4 Å². The van der Waals surface area contributed by atoms with Gasteiger partial charge in [-0.25, -0.2) is 0 Å². The fraction of sp³-hybridized carbons (Fsp3) is 0.611. The first-order valence-corrected chi connectivity index (χ1v) is 8.65. The minimum absolute atomic E-state index is 0.386. The molecule has 23 heavy (non-hydrogen) atoms. The van der Waals surface area contributed by atoms with E-state index in [9.17, 15) is 5.21 Å². The van der Waals surface area contributed by atoms with Crippen LogP contribution in [0, 0.1) is 11.8 Å². The molecule has 3 fully saturated rings. The van der Waals surface area contributed by atoms with Crippen LogP contribution in [0.25, 0.3) is 0 Å². The molecule has 1 heterocycles. The van der Waals surface area contributed by atoms with Crippen molar-refractivity contribution in [3.05, 3.63) is 24.3 Å². The van der Waals surface area contributed by atoms with Crippen LogP contribution in [0.5, 0.6) is 5.75 Å². The summed E-state index contributed by atoms with van der Waals surface area (Å²) in [7, 11) is 1.70. The van der Waals surface area contributed by atoms with Gasteiger partial charge in [0, 0.05) is 37.8 Å². The van der Waals surface area contributed by atoms with Crippen molar-refractivity contribution in [3.63, 3.8) is 0 Å². The van der Waals surface area contributed by atoms with Crippen LogP contribution in [0.4, 0.5) is 5.69 Å². The molecule has 2 aliphatic carbocycles. The topological polar surface area (TPSA) is 48.3 Å². The highest BCUT2D eigenvalue weighted by atomic mass is 16.5. The van der Waals surface area contributed by atoms with Crippen molar-refractivity contribution in [1.82, 2.24) is 4.90 Å². The van der Waals surface area contributed by atoms with Gasteiger partial charge < -0.3 is 14.8 Å². The van der Waals surface area contributed by atoms with E-state index in [4.69, 9.17) is 4.74 Å². The predicted octanol–water partition coefficient (Wildman–Crippen LogP) is 2.45. The van der Waals surface area contributed by atoms with Crippen LogP contribution in [-0.2, 0) is 0 Å². The molecule has 1 N–H and O–H groups in total. The third-order valence-corrected chi connectivity index (χ3v) is 5.90. The van der Waals surface area contributed by atoms with E-state index >= 15 is 0 Å². The molecule has 0 aromatic heterocycles. The Bertz CT molecular complexity index is 578. The van der Waals surface area contributed by atoms with Gasteiger partial charge in [-0.05, 0) is 49.4 Å². The Morgan fingerprint density at radius 1 is 1.09 bits per heavy atom. The third-order valence-electron chi connectivity index (χ3n) is 5.90. The average molecular weight is 315 g/mol. The molecule has 1 aliphatic heterocycles. The van der Waals surface area contributed by atoms with Crippen LogP contribution in [0.2, 0.25) is 0 Å². The highest BCUT2D eigenvalue weighted by Gasteiger charge is 2.48. The third kappa shape index (κ3) is 2.57. The van der Waals surface area contributed by atoms with Crippen LogP contribution in [0.1, 0.15) is 19.3 Å². The van der Waals surface area contributed by atoms with Crippen molar-refractivity contribution in [2.24, 2.45) is 17.0 Å². The lowest BCUT2D eigenvalue weighted by atomic mass is 9.91. The number of hydrogen-bond donors (Lipinski definition) is 1. The largest absolute Gasteiger partial charge is 0.497 e. The Kier molecular flexibility index (Phi) is 3.89. The van der Waals surface area contributed by atoms with Crippen LogP contribution >= 0.6 is 0 Å². The number of oxime groups is 1. The number of hydrogen-bond acceptors (Lipinski definition) is 5. The molecule has 5 nitrogen and oxygen atoms in total. The number of methoxy groups -OCH3 is 1. The van der Waals surface area contributed by atoms with E-state index in [1.165, 1.54) is 24.9 Å². The van der Waals surface area contributed by atoms with E-state index in [-0.39, 0.29) is 0 Å². The van der Waals surface area contributed by atoms with Gasteiger partial charge in [0.1, 0.15) is 5.75 Å². The first-order valence-electron chi connectivity index (χ1n) is 8.65. The lowest BCUT2D eigenvalue weighted by molar-refractivity contribution is 0.181. The van der Waals surface area contributed by atoms with E-state index in [0.29, 0.717) is 17.9 Å². The Morgan fingerprint density at radius 3 is 2.48 bits per heavy atom. The molecule has 0 spiro atoms. The molecule has 3 aliphatic rings. The number of fused-ring (bicyclic) bond motifs is 2. The summed E-state index contributed by atoms with van der Waals surface area (Å²) in [4.78, 5) is 4.97. The van der Waals surface area contributed by atoms with Gasteiger partial charge >= 0.3 is 0 Å². The number of ether oxygens (including phenoxy) is 1. The summed E-state index contributed by atoms with van der Waals surface area (Å²) in [5, 5.41) is 13.1. The quantitative estimate of drug-likeness (QED) is 0.687. The second-order valence-electron chi connectivity index (χ2n) is 6.96. The van der Waals surface area contributed by atoms with Gasteiger partial charge in [0.15, 0.2) is 0 Å². The summed E-state index contributed by atoms with van der Waals surface area (Å²) in [5.41, 5.74) is 2.31. The van der Waals surface area contributed by atoms with Crippen molar-refractivity contribution < 1.29 is 9.94 Å². The van der Waals surface area contributed by atoms with Crippen molar-refractivity contribution in [1.29, 1.82) is 0 Å². The molecule has 1 saturated heterocycles. The number of benzene rings is 1. The SMILES string of the molecule is COc1ccc(N2CCN([C@H]3/C(=N\O)[C@H]4CC[C@@H]3C4)CC2)cc1. The minimum Gasteiger partial charge on any atom is -0.497 e. The zero-order chi connectivity index (χ0) is 15.8. The Labute approximate surface area is 137 Å². The van der Waals surface area contributed by atoms with Gasteiger partial charge in [0.05, 0.1) is 18.9 Å². The van der Waals surface area contributed by atoms with Gasteiger partial charge in [-0.15, -0.1) is 0 Å². The molecule has 2 bridgehead atoms. The highest BCUT2D eigenvalue weighted by molar-refractivity contribution is 5.94. The highest BCUT2D eigenvalue weighted by Crippen LogP contribution is 2.45. The van der Waals surface area contributed by atoms with Gasteiger partial charge in [-0.1, -0.05) is 5.16 Å². The summed E-state index contributed by atoms with van der Waals surface area (Å²) in [6.07, 6.45) is 3.74. The van der Waals surface area contributed by atoms with Gasteiger partial charge in [-0.2, -0.15) is 0 Å². The smallest absolute Gasteiger partial charge is 0.119 e. The van der Waals surface area contributed by atoms with Gasteiger partial charge in [0.2, 0.25) is 0 Å². The molecule has 1 aromatic carbocycles. The second kappa shape index (κ2) is 6.04. The summed E-state index contributed by atoms with van der Waals surface area (Å²) in [6.45, 7) is 4.13. The maximum Gasteiger partial charge on any atom is 0.119 e. The average Bonchev–Trinajstić information content (AvgIpc) is 3.23. The molecule has 5 heteroatoms. The fourth-order valence-corrected chi connectivity index (χ4v) is 4.73. The lowest BCUT2D eigenvalue weighted by Crippen LogP contribution is -2.54. The lowest BCUT2D eigenvalue weighted by Gasteiger charge is -2.41. The summed E-state index contributed by atoms with van der Waals surface area (Å²) in [6, 6.07) is 8.69. The maximum atomic E-state index is 9.41. The molecule has 4 rings (SSSR count). The molecule has 1 aromatic rings. The molecule has 124 valence electrons. The van der Waals surface area contributed by atoms with Crippen molar-refractivity contribution in [2.75, 3.05) is 38.2 Å². The zero-order valence-corrected chi connectivity index (χ0v) is 13.7. The van der Waals surface area contributed by atoms with E-state index < -0.39 is 0 Å². The zero-order valence-electron chi connectivity index (χ0n) is 13.7. The Hall–Kier alpha value is -1.75. The van der Waals surface area contributed by atoms with Crippen LogP contribution in [0.3, 0.4) is 0 Å². The van der Waals surface area contributed by atoms with E-state index in [1.54, 1.807) is 7.11 Å². The second-order valence-corrected chi connectivity index (χ2v) is 6.96. The van der Waals surface area contributed by atoms with E-state index in [1.807, 2.05) is 12.1 Å². The molecular weight excluding hydrogens is 290 g/mol. The maximum absolute atomic E-state index is 9.41. The van der Waals surface area contributed by atoms with Crippen LogP contribution < -0.4 is 9.64 Å². The van der Waals surface area contributed by atoms with E-state index in [0.717, 1.165) is 37.6 Å². The molecule has 0 amide bonds. The van der Waals surface area contributed by atoms with E-state index in [2.05, 4.69) is 27.1 Å². The molecule has 3 atom stereocenters. The fourth-order valence-electron chi connectivity index (χ4n) is 4.73. The normalized spacial score (nSPS) is 32.7. The first-order chi connectivity index (χ1) is 11.3. The first kappa shape index (κ1) is 14.8. The number of anilines is 1. The molecule has 0 radical (unpaired) electrons. The molecule has 0 unspecified atom stereocenters. The Morgan fingerprint density at radius 2 is 1.83 bits per heavy atom. The number of rotatable bonds is 3. The van der Waals surface area contributed by atoms with Crippen LogP contribution in [-0.4, -0.2) is 55.1 Å². The summed E-state index contributed by atoms with van der Waals surface area (Å²) in [5.74, 6) is 2.14. The summed E-state index contributed by atoms with van der Waals surface area (Å²) < 4.78 is 5.23. The van der Waals surface area contributed by atoms with Gasteiger partial charge in [-0.3, -0.25) is 4.90 Å². The number of nitrogens with zero attached hydrogens (tertiary/aromatic N) is 3. The Balaban J connectivity index is 1.41. The van der Waals surface area contributed by atoms with Crippen LogP contribution in [0.15, 0.2) is 29.4 Å².